The molecule has 1 saturated carbocycles. The van der Waals surface area contributed by atoms with Crippen molar-refractivity contribution in [3.05, 3.63) is 23.3 Å². The second-order valence-electron chi connectivity index (χ2n) is 5.25. The van der Waals surface area contributed by atoms with Crippen molar-refractivity contribution in [3.8, 4) is 0 Å². The summed E-state index contributed by atoms with van der Waals surface area (Å²) in [6.45, 7) is 6.74. The van der Waals surface area contributed by atoms with Crippen LogP contribution in [0.2, 0.25) is 0 Å². The highest BCUT2D eigenvalue weighted by atomic mass is 16.5. The quantitative estimate of drug-likeness (QED) is 0.839. The van der Waals surface area contributed by atoms with Crippen LogP contribution in [0.3, 0.4) is 0 Å². The zero-order chi connectivity index (χ0) is 13.1. The molecule has 0 aliphatic heterocycles. The molecule has 1 fully saturated rings. The van der Waals surface area contributed by atoms with Gasteiger partial charge in [0.1, 0.15) is 6.10 Å². The largest absolute Gasteiger partial charge is 0.370 e. The summed E-state index contributed by atoms with van der Waals surface area (Å²) in [6.07, 6.45) is 3.32. The molecule has 4 heteroatoms. The third-order valence-electron chi connectivity index (χ3n) is 3.11. The smallest absolute Gasteiger partial charge is 0.157 e. The summed E-state index contributed by atoms with van der Waals surface area (Å²) in [4.78, 5) is 9.18. The molecule has 0 amide bonds. The van der Waals surface area contributed by atoms with Gasteiger partial charge in [-0.3, -0.25) is 0 Å². The molecule has 0 radical (unpaired) electrons. The van der Waals surface area contributed by atoms with Crippen LogP contribution in [0.4, 0.5) is 0 Å². The molecule has 2 rings (SSSR count). The fourth-order valence-corrected chi connectivity index (χ4v) is 2.22. The van der Waals surface area contributed by atoms with Gasteiger partial charge in [-0.1, -0.05) is 0 Å². The van der Waals surface area contributed by atoms with E-state index in [-0.39, 0.29) is 12.1 Å². The number of nitrogens with two attached hydrogens (primary N) is 1. The Morgan fingerprint density at radius 2 is 2.17 bits per heavy atom. The molecule has 1 aromatic rings. The normalized spacial score (nSPS) is 18.7. The van der Waals surface area contributed by atoms with Crippen LogP contribution < -0.4 is 5.73 Å². The van der Waals surface area contributed by atoms with E-state index < -0.39 is 0 Å². The van der Waals surface area contributed by atoms with E-state index in [0.717, 1.165) is 23.6 Å². The molecule has 0 aromatic carbocycles. The molecule has 0 spiro atoms. The highest BCUT2D eigenvalue weighted by Gasteiger charge is 2.35. The van der Waals surface area contributed by atoms with Crippen LogP contribution in [0, 0.1) is 12.8 Å². The van der Waals surface area contributed by atoms with Gasteiger partial charge < -0.3 is 10.5 Å². The van der Waals surface area contributed by atoms with Crippen molar-refractivity contribution in [1.29, 1.82) is 0 Å². The average Bonchev–Trinajstić information content (AvgIpc) is 3.07. The van der Waals surface area contributed by atoms with Gasteiger partial charge in [-0.25, -0.2) is 9.97 Å². The van der Waals surface area contributed by atoms with Crippen molar-refractivity contribution < 1.29 is 4.74 Å². The molecule has 2 atom stereocenters. The summed E-state index contributed by atoms with van der Waals surface area (Å²) in [5, 5.41) is 0. The molecule has 2 unspecified atom stereocenters. The second kappa shape index (κ2) is 5.76. The predicted octanol–water partition coefficient (Wildman–Crippen LogP) is 2.16. The van der Waals surface area contributed by atoms with E-state index in [1.54, 1.807) is 0 Å². The Labute approximate surface area is 109 Å². The first-order chi connectivity index (χ1) is 8.60. The zero-order valence-electron chi connectivity index (χ0n) is 11.5. The van der Waals surface area contributed by atoms with Crippen LogP contribution in [0.5, 0.6) is 0 Å². The van der Waals surface area contributed by atoms with Crippen LogP contribution in [0.15, 0.2) is 6.07 Å². The first-order valence-electron chi connectivity index (χ1n) is 6.81. The van der Waals surface area contributed by atoms with E-state index in [4.69, 9.17) is 10.5 Å². The number of rotatable bonds is 6. The monoisotopic (exact) mass is 249 g/mol. The van der Waals surface area contributed by atoms with Gasteiger partial charge >= 0.3 is 0 Å². The topological polar surface area (TPSA) is 61.0 Å². The third kappa shape index (κ3) is 3.50. The maximum absolute atomic E-state index is 5.84. The van der Waals surface area contributed by atoms with Gasteiger partial charge in [0, 0.05) is 30.5 Å². The van der Waals surface area contributed by atoms with E-state index in [0.29, 0.717) is 12.5 Å². The zero-order valence-corrected chi connectivity index (χ0v) is 11.5. The van der Waals surface area contributed by atoms with E-state index in [2.05, 4.69) is 9.97 Å². The summed E-state index contributed by atoms with van der Waals surface area (Å²) in [5.74, 6) is 1.45. The van der Waals surface area contributed by atoms with Crippen LogP contribution in [0.25, 0.3) is 0 Å². The molecule has 1 aliphatic carbocycles. The maximum atomic E-state index is 5.84. The lowest BCUT2D eigenvalue weighted by molar-refractivity contribution is 0.0397. The molecular formula is C14H23N3O. The van der Waals surface area contributed by atoms with Gasteiger partial charge in [-0.2, -0.15) is 0 Å². The van der Waals surface area contributed by atoms with Crippen LogP contribution >= 0.6 is 0 Å². The van der Waals surface area contributed by atoms with E-state index in [9.17, 15) is 0 Å². The second-order valence-corrected chi connectivity index (χ2v) is 5.25. The van der Waals surface area contributed by atoms with E-state index in [1.807, 2.05) is 26.8 Å². The van der Waals surface area contributed by atoms with Crippen molar-refractivity contribution >= 4 is 0 Å². The Balaban J connectivity index is 2.22. The fourth-order valence-electron chi connectivity index (χ4n) is 2.22. The SMILES string of the molecule is CCOC(c1nc(C)cc(CC(C)N)n1)C1CC1. The molecule has 1 heterocycles. The van der Waals surface area contributed by atoms with E-state index in [1.165, 1.54) is 12.8 Å². The number of hydrogen-bond acceptors (Lipinski definition) is 4. The Morgan fingerprint density at radius 3 is 2.72 bits per heavy atom. The third-order valence-corrected chi connectivity index (χ3v) is 3.11. The summed E-state index contributed by atoms with van der Waals surface area (Å²) in [7, 11) is 0. The average molecular weight is 249 g/mol. The minimum atomic E-state index is 0.0710. The minimum absolute atomic E-state index is 0.0710. The Morgan fingerprint density at radius 1 is 1.44 bits per heavy atom. The van der Waals surface area contributed by atoms with Gasteiger partial charge in [-0.05, 0) is 45.6 Å². The molecule has 1 aromatic heterocycles. The molecule has 0 saturated heterocycles. The standard InChI is InChI=1S/C14H23N3O/c1-4-18-13(11-5-6-11)14-16-10(3)8-12(17-14)7-9(2)15/h8-9,11,13H,4-7,15H2,1-3H3. The van der Waals surface area contributed by atoms with Gasteiger partial charge in [0.15, 0.2) is 5.82 Å². The van der Waals surface area contributed by atoms with Gasteiger partial charge in [-0.15, -0.1) is 0 Å². The molecule has 1 aliphatic rings. The molecule has 4 nitrogen and oxygen atoms in total. The first-order valence-corrected chi connectivity index (χ1v) is 6.81. The van der Waals surface area contributed by atoms with Crippen molar-refractivity contribution in [3.63, 3.8) is 0 Å². The highest BCUT2D eigenvalue weighted by Crippen LogP contribution is 2.42. The fraction of sp³-hybridized carbons (Fsp3) is 0.714. The number of ether oxygens (including phenoxy) is 1. The lowest BCUT2D eigenvalue weighted by atomic mass is 10.1. The van der Waals surface area contributed by atoms with Gasteiger partial charge in [0.2, 0.25) is 0 Å². The maximum Gasteiger partial charge on any atom is 0.157 e. The first kappa shape index (κ1) is 13.4. The van der Waals surface area contributed by atoms with Crippen molar-refractivity contribution in [1.82, 2.24) is 9.97 Å². The molecule has 0 bridgehead atoms. The molecule has 18 heavy (non-hydrogen) atoms. The predicted molar refractivity (Wildman–Crippen MR) is 71.2 cm³/mol. The van der Waals surface area contributed by atoms with Crippen LogP contribution in [-0.2, 0) is 11.2 Å². The number of nitrogens with zero attached hydrogens (tertiary/aromatic N) is 2. The summed E-state index contributed by atoms with van der Waals surface area (Å²) in [6, 6.07) is 2.14. The number of aryl methyl sites for hydroxylation is 1. The van der Waals surface area contributed by atoms with E-state index >= 15 is 0 Å². The van der Waals surface area contributed by atoms with Crippen molar-refractivity contribution in [2.75, 3.05) is 6.61 Å². The minimum Gasteiger partial charge on any atom is -0.370 e. The Kier molecular flexibility index (Phi) is 4.30. The molecule has 100 valence electrons. The lowest BCUT2D eigenvalue weighted by Gasteiger charge is -2.16. The van der Waals surface area contributed by atoms with Crippen molar-refractivity contribution in [2.24, 2.45) is 11.7 Å². The van der Waals surface area contributed by atoms with Gasteiger partial charge in [0.05, 0.1) is 0 Å². The number of hydrogen-bond donors (Lipinski definition) is 1. The number of aromatic nitrogens is 2. The van der Waals surface area contributed by atoms with Crippen LogP contribution in [-0.4, -0.2) is 22.6 Å². The summed E-state index contributed by atoms with van der Waals surface area (Å²) in [5.41, 5.74) is 7.87. The summed E-state index contributed by atoms with van der Waals surface area (Å²) >= 11 is 0. The highest BCUT2D eigenvalue weighted by molar-refractivity contribution is 5.13. The Hall–Kier alpha value is -1.00. The Bertz CT molecular complexity index is 402. The van der Waals surface area contributed by atoms with Crippen LogP contribution in [0.1, 0.15) is 50.0 Å². The molecule has 2 N–H and O–H groups in total. The van der Waals surface area contributed by atoms with Gasteiger partial charge in [0.25, 0.3) is 0 Å². The van der Waals surface area contributed by atoms with Crippen molar-refractivity contribution in [2.45, 2.75) is 52.2 Å². The molecular weight excluding hydrogens is 226 g/mol. The lowest BCUT2D eigenvalue weighted by Crippen LogP contribution is -2.20. The summed E-state index contributed by atoms with van der Waals surface area (Å²) < 4.78 is 5.81.